The Labute approximate surface area is 212 Å². The second kappa shape index (κ2) is 10.2. The van der Waals surface area contributed by atoms with Crippen molar-refractivity contribution in [3.05, 3.63) is 95.3 Å². The Morgan fingerprint density at radius 2 is 1.51 bits per heavy atom. The van der Waals surface area contributed by atoms with Crippen LogP contribution >= 0.6 is 0 Å². The largest absolute Gasteiger partial charge is 0.296 e. The number of imidazole rings is 1. The Bertz CT molecular complexity index is 1290. The lowest BCUT2D eigenvalue weighted by atomic mass is 9.81. The lowest BCUT2D eigenvalue weighted by Crippen LogP contribution is -2.24. The third-order valence-electron chi connectivity index (χ3n) is 7.07. The molecule has 2 heteroatoms. The van der Waals surface area contributed by atoms with Crippen molar-refractivity contribution in [2.75, 3.05) is 0 Å². The van der Waals surface area contributed by atoms with E-state index >= 15 is 0 Å². The summed E-state index contributed by atoms with van der Waals surface area (Å²) in [6.45, 7) is 16.0. The van der Waals surface area contributed by atoms with Crippen molar-refractivity contribution in [2.24, 2.45) is 0 Å². The van der Waals surface area contributed by atoms with Crippen LogP contribution in [0.15, 0.2) is 72.8 Å². The molecule has 0 aliphatic carbocycles. The van der Waals surface area contributed by atoms with E-state index in [4.69, 9.17) is 4.98 Å². The minimum atomic E-state index is 0.00916. The van der Waals surface area contributed by atoms with Gasteiger partial charge in [0.15, 0.2) is 0 Å². The summed E-state index contributed by atoms with van der Waals surface area (Å²) in [5.41, 5.74) is 9.98. The molecule has 0 saturated carbocycles. The van der Waals surface area contributed by atoms with Gasteiger partial charge in [0.1, 0.15) is 5.82 Å². The van der Waals surface area contributed by atoms with Crippen molar-refractivity contribution < 1.29 is 0 Å². The quantitative estimate of drug-likeness (QED) is 0.254. The molecule has 0 aliphatic rings. The highest BCUT2D eigenvalue weighted by molar-refractivity contribution is 5.72. The maximum atomic E-state index is 5.39. The summed E-state index contributed by atoms with van der Waals surface area (Å²) in [5.74, 6) is 1.38. The SMILES string of the molecule is CCCCC(C)(C)c1c(C(C)C)nc(-c2cccc(-c3ccccc3)c2)n1-c1ccc(C)cc1C. The van der Waals surface area contributed by atoms with Gasteiger partial charge >= 0.3 is 0 Å². The van der Waals surface area contributed by atoms with Crippen LogP contribution in [0.2, 0.25) is 0 Å². The average molecular weight is 465 g/mol. The summed E-state index contributed by atoms with van der Waals surface area (Å²) in [6.07, 6.45) is 3.55. The Kier molecular flexibility index (Phi) is 7.31. The molecule has 0 atom stereocenters. The summed E-state index contributed by atoms with van der Waals surface area (Å²) in [7, 11) is 0. The number of benzene rings is 3. The van der Waals surface area contributed by atoms with Crippen LogP contribution in [0.4, 0.5) is 0 Å². The second-order valence-electron chi connectivity index (χ2n) is 10.9. The van der Waals surface area contributed by atoms with E-state index < -0.39 is 0 Å². The van der Waals surface area contributed by atoms with E-state index in [1.807, 2.05) is 0 Å². The first kappa shape index (κ1) is 25.0. The summed E-state index contributed by atoms with van der Waals surface area (Å²) < 4.78 is 2.48. The molecule has 35 heavy (non-hydrogen) atoms. The number of unbranched alkanes of at least 4 members (excludes halogenated alkanes) is 1. The fraction of sp³-hybridized carbons (Fsp3) is 0.364. The number of aryl methyl sites for hydroxylation is 2. The van der Waals surface area contributed by atoms with Gasteiger partial charge in [-0.25, -0.2) is 4.98 Å². The first-order valence-electron chi connectivity index (χ1n) is 13.1. The van der Waals surface area contributed by atoms with Crippen LogP contribution in [0.3, 0.4) is 0 Å². The van der Waals surface area contributed by atoms with E-state index in [2.05, 4.69) is 126 Å². The zero-order valence-corrected chi connectivity index (χ0v) is 22.5. The number of hydrogen-bond acceptors (Lipinski definition) is 1. The fourth-order valence-electron chi connectivity index (χ4n) is 5.18. The van der Waals surface area contributed by atoms with Crippen LogP contribution in [0.5, 0.6) is 0 Å². The monoisotopic (exact) mass is 464 g/mol. The molecule has 1 aromatic heterocycles. The molecule has 0 amide bonds. The van der Waals surface area contributed by atoms with Crippen LogP contribution in [0.1, 0.15) is 82.3 Å². The van der Waals surface area contributed by atoms with Crippen molar-refractivity contribution in [3.63, 3.8) is 0 Å². The number of aromatic nitrogens is 2. The van der Waals surface area contributed by atoms with Crippen molar-refractivity contribution in [1.82, 2.24) is 9.55 Å². The molecule has 0 N–H and O–H groups in total. The normalized spacial score (nSPS) is 11.9. The van der Waals surface area contributed by atoms with Crippen LogP contribution < -0.4 is 0 Å². The van der Waals surface area contributed by atoms with Crippen LogP contribution in [0.25, 0.3) is 28.2 Å². The third-order valence-corrected chi connectivity index (χ3v) is 7.07. The molecule has 0 aliphatic heterocycles. The van der Waals surface area contributed by atoms with Crippen molar-refractivity contribution in [2.45, 2.75) is 79.1 Å². The minimum absolute atomic E-state index is 0.00916. The Morgan fingerprint density at radius 1 is 0.829 bits per heavy atom. The summed E-state index contributed by atoms with van der Waals surface area (Å²) in [4.78, 5) is 5.39. The minimum Gasteiger partial charge on any atom is -0.296 e. The van der Waals surface area contributed by atoms with Gasteiger partial charge < -0.3 is 0 Å². The molecular formula is C33H40N2. The predicted octanol–water partition coefficient (Wildman–Crippen LogP) is 9.41. The van der Waals surface area contributed by atoms with Gasteiger partial charge in [0.05, 0.1) is 17.1 Å². The first-order chi connectivity index (χ1) is 16.7. The highest BCUT2D eigenvalue weighted by atomic mass is 15.1. The summed E-state index contributed by atoms with van der Waals surface area (Å²) in [5, 5.41) is 0. The highest BCUT2D eigenvalue weighted by Gasteiger charge is 2.33. The lowest BCUT2D eigenvalue weighted by molar-refractivity contribution is 0.433. The zero-order chi connectivity index (χ0) is 25.2. The van der Waals surface area contributed by atoms with E-state index in [0.29, 0.717) is 5.92 Å². The van der Waals surface area contributed by atoms with Gasteiger partial charge in [-0.2, -0.15) is 0 Å². The lowest BCUT2D eigenvalue weighted by Gasteiger charge is -2.29. The number of rotatable bonds is 8. The molecule has 0 bridgehead atoms. The summed E-state index contributed by atoms with van der Waals surface area (Å²) >= 11 is 0. The standard InChI is InChI=1S/C33H40N2/c1-8-9-20-33(6,7)31-30(23(2)3)34-32(35(31)29-19-18-24(4)21-25(29)5)28-17-13-16-27(22-28)26-14-11-10-12-15-26/h10-19,21-23H,8-9,20H2,1-7H3. The molecule has 0 unspecified atom stereocenters. The Balaban J connectivity index is 2.02. The van der Waals surface area contributed by atoms with Gasteiger partial charge in [-0.05, 0) is 55.0 Å². The molecule has 0 saturated heterocycles. The van der Waals surface area contributed by atoms with E-state index in [-0.39, 0.29) is 5.41 Å². The predicted molar refractivity (Wildman–Crippen MR) is 151 cm³/mol. The number of hydrogen-bond donors (Lipinski definition) is 0. The zero-order valence-electron chi connectivity index (χ0n) is 22.5. The van der Waals surface area contributed by atoms with E-state index in [9.17, 15) is 0 Å². The van der Waals surface area contributed by atoms with Gasteiger partial charge in [-0.15, -0.1) is 0 Å². The van der Waals surface area contributed by atoms with E-state index in [1.54, 1.807) is 0 Å². The average Bonchev–Trinajstić information content (AvgIpc) is 3.25. The molecular weight excluding hydrogens is 424 g/mol. The van der Waals surface area contributed by atoms with Crippen LogP contribution in [0, 0.1) is 13.8 Å². The molecule has 0 radical (unpaired) electrons. The van der Waals surface area contributed by atoms with Gasteiger partial charge in [-0.3, -0.25) is 4.57 Å². The van der Waals surface area contributed by atoms with Gasteiger partial charge in [0.2, 0.25) is 0 Å². The van der Waals surface area contributed by atoms with Crippen LogP contribution in [-0.4, -0.2) is 9.55 Å². The molecule has 1 heterocycles. The summed E-state index contributed by atoms with van der Waals surface area (Å²) in [6, 6.07) is 26.3. The second-order valence-corrected chi connectivity index (χ2v) is 10.9. The molecule has 182 valence electrons. The molecule has 0 fully saturated rings. The Hall–Kier alpha value is -3.13. The van der Waals surface area contributed by atoms with Gasteiger partial charge in [0, 0.05) is 11.0 Å². The Morgan fingerprint density at radius 3 is 2.17 bits per heavy atom. The molecule has 4 aromatic rings. The molecule has 0 spiro atoms. The molecule has 4 rings (SSSR count). The smallest absolute Gasteiger partial charge is 0.145 e. The molecule has 3 aromatic carbocycles. The fourth-order valence-corrected chi connectivity index (χ4v) is 5.18. The molecule has 2 nitrogen and oxygen atoms in total. The van der Waals surface area contributed by atoms with Gasteiger partial charge in [0.25, 0.3) is 0 Å². The third kappa shape index (κ3) is 5.12. The van der Waals surface area contributed by atoms with Crippen molar-refractivity contribution in [1.29, 1.82) is 0 Å². The number of nitrogens with zero attached hydrogens (tertiary/aromatic N) is 2. The van der Waals surface area contributed by atoms with Gasteiger partial charge in [-0.1, -0.05) is 114 Å². The maximum absolute atomic E-state index is 5.39. The topological polar surface area (TPSA) is 17.8 Å². The maximum Gasteiger partial charge on any atom is 0.145 e. The van der Waals surface area contributed by atoms with E-state index in [0.717, 1.165) is 17.8 Å². The van der Waals surface area contributed by atoms with Crippen molar-refractivity contribution in [3.8, 4) is 28.2 Å². The van der Waals surface area contributed by atoms with E-state index in [1.165, 1.54) is 52.2 Å². The van der Waals surface area contributed by atoms with Crippen LogP contribution in [-0.2, 0) is 5.41 Å². The van der Waals surface area contributed by atoms with Crippen molar-refractivity contribution >= 4 is 0 Å². The first-order valence-corrected chi connectivity index (χ1v) is 13.1. The highest BCUT2D eigenvalue weighted by Crippen LogP contribution is 2.41.